The molecule has 1 aliphatic carbocycles. The Morgan fingerprint density at radius 1 is 1.22 bits per heavy atom. The normalized spacial score (nSPS) is 16.3. The SMILES string of the molecule is O=C1CCC(OC(=O)NCc2ccccc2)CC1. The Hall–Kier alpha value is -1.84. The molecule has 1 aromatic rings. The van der Waals surface area contributed by atoms with E-state index in [-0.39, 0.29) is 11.9 Å². The Labute approximate surface area is 106 Å². The van der Waals surface area contributed by atoms with Crippen molar-refractivity contribution in [2.24, 2.45) is 0 Å². The van der Waals surface area contributed by atoms with Gasteiger partial charge in [-0.2, -0.15) is 0 Å². The van der Waals surface area contributed by atoms with Gasteiger partial charge in [0.1, 0.15) is 11.9 Å². The maximum absolute atomic E-state index is 11.5. The summed E-state index contributed by atoms with van der Waals surface area (Å²) in [6, 6.07) is 9.67. The molecule has 1 saturated carbocycles. The van der Waals surface area contributed by atoms with Crippen LogP contribution in [-0.4, -0.2) is 18.0 Å². The van der Waals surface area contributed by atoms with Crippen LogP contribution in [0.25, 0.3) is 0 Å². The van der Waals surface area contributed by atoms with Gasteiger partial charge in [-0.15, -0.1) is 0 Å². The number of ketones is 1. The molecule has 96 valence electrons. The van der Waals surface area contributed by atoms with Crippen LogP contribution in [0.4, 0.5) is 4.79 Å². The first-order valence-corrected chi connectivity index (χ1v) is 6.24. The van der Waals surface area contributed by atoms with Crippen molar-refractivity contribution >= 4 is 11.9 Å². The number of nitrogens with one attached hydrogen (secondary N) is 1. The summed E-state index contributed by atoms with van der Waals surface area (Å²) in [6.45, 7) is 0.464. The molecule has 1 aromatic carbocycles. The van der Waals surface area contributed by atoms with Crippen molar-refractivity contribution in [3.05, 3.63) is 35.9 Å². The minimum atomic E-state index is -0.404. The molecular formula is C14H17NO3. The zero-order chi connectivity index (χ0) is 12.8. The Balaban J connectivity index is 1.71. The summed E-state index contributed by atoms with van der Waals surface area (Å²) in [4.78, 5) is 22.6. The molecule has 4 heteroatoms. The van der Waals surface area contributed by atoms with Crippen LogP contribution in [-0.2, 0) is 16.1 Å². The molecule has 0 atom stereocenters. The predicted molar refractivity (Wildman–Crippen MR) is 67.0 cm³/mol. The van der Waals surface area contributed by atoms with Gasteiger partial charge in [0, 0.05) is 19.4 Å². The number of benzene rings is 1. The van der Waals surface area contributed by atoms with Crippen molar-refractivity contribution in [1.29, 1.82) is 0 Å². The van der Waals surface area contributed by atoms with E-state index in [1.165, 1.54) is 0 Å². The Morgan fingerprint density at radius 2 is 1.89 bits per heavy atom. The fraction of sp³-hybridized carbons (Fsp3) is 0.429. The molecule has 1 fully saturated rings. The molecule has 0 aliphatic heterocycles. The number of carbonyl (C=O) groups is 2. The van der Waals surface area contributed by atoms with Crippen LogP contribution >= 0.6 is 0 Å². The van der Waals surface area contributed by atoms with Gasteiger partial charge < -0.3 is 10.1 Å². The minimum absolute atomic E-state index is 0.113. The topological polar surface area (TPSA) is 55.4 Å². The summed E-state index contributed by atoms with van der Waals surface area (Å²) in [5.41, 5.74) is 1.04. The van der Waals surface area contributed by atoms with Crippen LogP contribution < -0.4 is 5.32 Å². The molecule has 0 aromatic heterocycles. The van der Waals surface area contributed by atoms with Crippen molar-refractivity contribution < 1.29 is 14.3 Å². The summed E-state index contributed by atoms with van der Waals surface area (Å²) in [6.07, 6.45) is 1.83. The first-order valence-electron chi connectivity index (χ1n) is 6.24. The first kappa shape index (κ1) is 12.6. The molecule has 0 unspecified atom stereocenters. The Morgan fingerprint density at radius 3 is 2.56 bits per heavy atom. The van der Waals surface area contributed by atoms with Gasteiger partial charge in [-0.3, -0.25) is 4.79 Å². The number of amides is 1. The molecule has 0 heterocycles. The summed E-state index contributed by atoms with van der Waals surface area (Å²) < 4.78 is 5.26. The molecule has 1 N–H and O–H groups in total. The van der Waals surface area contributed by atoms with E-state index in [0.29, 0.717) is 32.2 Å². The van der Waals surface area contributed by atoms with Gasteiger partial charge in [0.2, 0.25) is 0 Å². The molecule has 0 spiro atoms. The molecular weight excluding hydrogens is 230 g/mol. The monoisotopic (exact) mass is 247 g/mol. The number of alkyl carbamates (subject to hydrolysis) is 1. The molecule has 0 radical (unpaired) electrons. The zero-order valence-electron chi connectivity index (χ0n) is 10.2. The highest BCUT2D eigenvalue weighted by atomic mass is 16.6. The molecule has 1 aliphatic rings. The Bertz CT molecular complexity index is 406. The van der Waals surface area contributed by atoms with Crippen molar-refractivity contribution in [3.8, 4) is 0 Å². The third-order valence-electron chi connectivity index (χ3n) is 3.04. The highest BCUT2D eigenvalue weighted by Crippen LogP contribution is 2.17. The van der Waals surface area contributed by atoms with E-state index in [1.807, 2.05) is 30.3 Å². The van der Waals surface area contributed by atoms with Crippen LogP contribution in [0.1, 0.15) is 31.2 Å². The minimum Gasteiger partial charge on any atom is -0.446 e. The van der Waals surface area contributed by atoms with Crippen LogP contribution in [0, 0.1) is 0 Å². The van der Waals surface area contributed by atoms with E-state index >= 15 is 0 Å². The van der Waals surface area contributed by atoms with Gasteiger partial charge in [-0.05, 0) is 18.4 Å². The first-order chi connectivity index (χ1) is 8.74. The highest BCUT2D eigenvalue weighted by Gasteiger charge is 2.21. The van der Waals surface area contributed by atoms with Crippen LogP contribution in [0.3, 0.4) is 0 Å². The van der Waals surface area contributed by atoms with E-state index in [9.17, 15) is 9.59 Å². The van der Waals surface area contributed by atoms with Gasteiger partial charge in [-0.1, -0.05) is 30.3 Å². The maximum atomic E-state index is 11.5. The average molecular weight is 247 g/mol. The molecule has 4 nitrogen and oxygen atoms in total. The molecule has 0 saturated heterocycles. The lowest BCUT2D eigenvalue weighted by molar-refractivity contribution is -0.122. The standard InChI is InChI=1S/C14H17NO3/c16-12-6-8-13(9-7-12)18-14(17)15-10-11-4-2-1-3-5-11/h1-5,13H,6-10H2,(H,15,17). The van der Waals surface area contributed by atoms with Crippen molar-refractivity contribution in [2.75, 3.05) is 0 Å². The average Bonchev–Trinajstić information content (AvgIpc) is 2.40. The second-order valence-electron chi connectivity index (χ2n) is 4.48. The summed E-state index contributed by atoms with van der Waals surface area (Å²) in [5, 5.41) is 2.71. The highest BCUT2D eigenvalue weighted by molar-refractivity contribution is 5.79. The largest absolute Gasteiger partial charge is 0.446 e. The van der Waals surface area contributed by atoms with E-state index in [1.54, 1.807) is 0 Å². The summed E-state index contributed by atoms with van der Waals surface area (Å²) in [5.74, 6) is 0.263. The van der Waals surface area contributed by atoms with Crippen LogP contribution in [0.15, 0.2) is 30.3 Å². The summed E-state index contributed by atoms with van der Waals surface area (Å²) >= 11 is 0. The lowest BCUT2D eigenvalue weighted by Crippen LogP contribution is -2.31. The fourth-order valence-electron chi connectivity index (χ4n) is 1.99. The van der Waals surface area contributed by atoms with E-state index in [0.717, 1.165) is 5.56 Å². The lowest BCUT2D eigenvalue weighted by Gasteiger charge is -2.21. The quantitative estimate of drug-likeness (QED) is 0.892. The number of carbonyl (C=O) groups excluding carboxylic acids is 2. The van der Waals surface area contributed by atoms with Gasteiger partial charge in [0.25, 0.3) is 0 Å². The molecule has 18 heavy (non-hydrogen) atoms. The van der Waals surface area contributed by atoms with Crippen LogP contribution in [0.2, 0.25) is 0 Å². The number of hydrogen-bond donors (Lipinski definition) is 1. The van der Waals surface area contributed by atoms with Crippen LogP contribution in [0.5, 0.6) is 0 Å². The second-order valence-corrected chi connectivity index (χ2v) is 4.48. The van der Waals surface area contributed by atoms with E-state index in [2.05, 4.69) is 5.32 Å². The predicted octanol–water partition coefficient (Wildman–Crippen LogP) is 2.42. The third kappa shape index (κ3) is 3.87. The van der Waals surface area contributed by atoms with Gasteiger partial charge in [-0.25, -0.2) is 4.79 Å². The summed E-state index contributed by atoms with van der Waals surface area (Å²) in [7, 11) is 0. The van der Waals surface area contributed by atoms with Gasteiger partial charge >= 0.3 is 6.09 Å². The second kappa shape index (κ2) is 6.19. The van der Waals surface area contributed by atoms with Gasteiger partial charge in [0.15, 0.2) is 0 Å². The van der Waals surface area contributed by atoms with Crippen molar-refractivity contribution in [1.82, 2.24) is 5.32 Å². The number of hydrogen-bond acceptors (Lipinski definition) is 3. The third-order valence-corrected chi connectivity index (χ3v) is 3.04. The molecule has 2 rings (SSSR count). The fourth-order valence-corrected chi connectivity index (χ4v) is 1.99. The van der Waals surface area contributed by atoms with Crippen molar-refractivity contribution in [3.63, 3.8) is 0 Å². The Kier molecular flexibility index (Phi) is 4.34. The van der Waals surface area contributed by atoms with E-state index in [4.69, 9.17) is 4.74 Å². The smallest absolute Gasteiger partial charge is 0.407 e. The maximum Gasteiger partial charge on any atom is 0.407 e. The zero-order valence-corrected chi connectivity index (χ0v) is 10.2. The molecule has 0 bridgehead atoms. The number of rotatable bonds is 3. The lowest BCUT2D eigenvalue weighted by atomic mass is 9.97. The van der Waals surface area contributed by atoms with Gasteiger partial charge in [0.05, 0.1) is 0 Å². The van der Waals surface area contributed by atoms with E-state index < -0.39 is 6.09 Å². The van der Waals surface area contributed by atoms with Crippen molar-refractivity contribution in [2.45, 2.75) is 38.3 Å². The number of ether oxygens (including phenoxy) is 1. The number of Topliss-reactive ketones (excluding diaryl/α,β-unsaturated/α-hetero) is 1. The molecule has 1 amide bonds.